The largest absolute Gasteiger partial charge is 0.416 e. The van der Waals surface area contributed by atoms with E-state index in [9.17, 15) is 18.0 Å². The number of nitrogens with one attached hydrogen (secondary N) is 1. The molecule has 0 aromatic heterocycles. The van der Waals surface area contributed by atoms with Crippen LogP contribution >= 0.6 is 12.4 Å². The Morgan fingerprint density at radius 2 is 1.85 bits per heavy atom. The summed E-state index contributed by atoms with van der Waals surface area (Å²) >= 11 is 0. The highest BCUT2D eigenvalue weighted by atomic mass is 35.5. The average molecular weight is 319 g/mol. The van der Waals surface area contributed by atoms with Crippen molar-refractivity contribution in [2.45, 2.75) is 50.8 Å². The van der Waals surface area contributed by atoms with Crippen molar-refractivity contribution < 1.29 is 23.1 Å². The fraction of sp³-hybridized carbons (Fsp3) is 0.917. The van der Waals surface area contributed by atoms with Crippen molar-refractivity contribution >= 4 is 18.3 Å². The maximum absolute atomic E-state index is 12.1. The molecule has 1 atom stereocenters. The molecule has 1 saturated carbocycles. The minimum Gasteiger partial charge on any atom is -0.382 e. The molecule has 120 valence electrons. The van der Waals surface area contributed by atoms with Crippen LogP contribution in [0.1, 0.15) is 38.5 Å². The fourth-order valence-electron chi connectivity index (χ4n) is 2.48. The third-order valence-corrected chi connectivity index (χ3v) is 3.75. The minimum absolute atomic E-state index is 0. The first-order valence-electron chi connectivity index (χ1n) is 6.51. The van der Waals surface area contributed by atoms with Gasteiger partial charge >= 0.3 is 6.18 Å². The van der Waals surface area contributed by atoms with Crippen LogP contribution < -0.4 is 11.1 Å². The van der Waals surface area contributed by atoms with Gasteiger partial charge in [-0.1, -0.05) is 19.3 Å². The molecule has 20 heavy (non-hydrogen) atoms. The Morgan fingerprint density at radius 1 is 1.30 bits per heavy atom. The van der Waals surface area contributed by atoms with Crippen LogP contribution in [0.25, 0.3) is 0 Å². The quantitative estimate of drug-likeness (QED) is 0.723. The van der Waals surface area contributed by atoms with Crippen LogP contribution in [0, 0.1) is 5.41 Å². The number of halogens is 4. The van der Waals surface area contributed by atoms with Gasteiger partial charge in [-0.2, -0.15) is 13.2 Å². The van der Waals surface area contributed by atoms with Crippen molar-refractivity contribution in [1.82, 2.24) is 5.32 Å². The van der Waals surface area contributed by atoms with E-state index >= 15 is 0 Å². The lowest BCUT2D eigenvalue weighted by atomic mass is 9.71. The van der Waals surface area contributed by atoms with Gasteiger partial charge in [0.2, 0.25) is 5.91 Å². The van der Waals surface area contributed by atoms with E-state index in [0.29, 0.717) is 6.54 Å². The number of aliphatic hydroxyl groups excluding tert-OH is 1. The first kappa shape index (κ1) is 19.5. The lowest BCUT2D eigenvalue weighted by molar-refractivity contribution is -0.201. The lowest BCUT2D eigenvalue weighted by Crippen LogP contribution is -2.43. The molecular weight excluding hydrogens is 297 g/mol. The van der Waals surface area contributed by atoms with Crippen LogP contribution in [0.4, 0.5) is 13.2 Å². The Morgan fingerprint density at radius 3 is 2.30 bits per heavy atom. The van der Waals surface area contributed by atoms with Gasteiger partial charge in [0.15, 0.2) is 6.10 Å². The maximum Gasteiger partial charge on any atom is 0.416 e. The molecule has 0 radical (unpaired) electrons. The molecule has 0 saturated heterocycles. The van der Waals surface area contributed by atoms with Gasteiger partial charge in [-0.3, -0.25) is 4.79 Å². The van der Waals surface area contributed by atoms with Crippen LogP contribution in [-0.4, -0.2) is 36.4 Å². The highest BCUT2D eigenvalue weighted by Crippen LogP contribution is 2.38. The maximum atomic E-state index is 12.1. The van der Waals surface area contributed by atoms with E-state index < -0.39 is 24.7 Å². The topological polar surface area (TPSA) is 75.4 Å². The smallest absolute Gasteiger partial charge is 0.382 e. The van der Waals surface area contributed by atoms with Crippen LogP contribution in [0.15, 0.2) is 0 Å². The molecule has 1 amide bonds. The number of carbonyl (C=O) groups excluding carboxylic acids is 1. The fourth-order valence-corrected chi connectivity index (χ4v) is 2.48. The summed E-state index contributed by atoms with van der Waals surface area (Å²) in [7, 11) is 0. The zero-order valence-corrected chi connectivity index (χ0v) is 12.0. The minimum atomic E-state index is -4.70. The number of hydrogen-bond acceptors (Lipinski definition) is 3. The first-order valence-corrected chi connectivity index (χ1v) is 6.51. The molecule has 1 fully saturated rings. The summed E-state index contributed by atoms with van der Waals surface area (Å²) in [5, 5.41) is 10.9. The molecule has 1 rings (SSSR count). The number of aliphatic hydroxyl groups is 1. The van der Waals surface area contributed by atoms with Gasteiger partial charge in [0.05, 0.1) is 6.54 Å². The van der Waals surface area contributed by atoms with E-state index in [1.165, 1.54) is 0 Å². The second-order valence-corrected chi connectivity index (χ2v) is 5.30. The normalized spacial score (nSPS) is 19.9. The summed E-state index contributed by atoms with van der Waals surface area (Å²) in [5.41, 5.74) is 5.42. The van der Waals surface area contributed by atoms with Crippen molar-refractivity contribution in [3.63, 3.8) is 0 Å². The van der Waals surface area contributed by atoms with Crippen LogP contribution in [0.5, 0.6) is 0 Å². The van der Waals surface area contributed by atoms with Crippen LogP contribution in [-0.2, 0) is 4.79 Å². The Balaban J connectivity index is 0.00000361. The highest BCUT2D eigenvalue weighted by Gasteiger charge is 2.39. The molecule has 0 aliphatic heterocycles. The van der Waals surface area contributed by atoms with Gasteiger partial charge in [-0.05, 0) is 24.8 Å². The zero-order chi connectivity index (χ0) is 14.5. The van der Waals surface area contributed by atoms with E-state index in [2.05, 4.69) is 5.32 Å². The molecule has 0 heterocycles. The van der Waals surface area contributed by atoms with Crippen molar-refractivity contribution in [3.8, 4) is 0 Å². The van der Waals surface area contributed by atoms with Gasteiger partial charge in [-0.25, -0.2) is 0 Å². The van der Waals surface area contributed by atoms with E-state index in [1.54, 1.807) is 0 Å². The van der Waals surface area contributed by atoms with Gasteiger partial charge in [0.1, 0.15) is 0 Å². The molecule has 4 nitrogen and oxygen atoms in total. The van der Waals surface area contributed by atoms with E-state index in [1.807, 2.05) is 0 Å². The SMILES string of the molecule is Cl.NCC1(CC(=O)NCC(O)C(F)(F)F)CCCCC1. The molecule has 0 aromatic carbocycles. The van der Waals surface area contributed by atoms with Gasteiger partial charge in [0, 0.05) is 6.42 Å². The number of alkyl halides is 3. The number of nitrogens with two attached hydrogens (primary N) is 1. The summed E-state index contributed by atoms with van der Waals surface area (Å²) in [6, 6.07) is 0. The van der Waals surface area contributed by atoms with Crippen molar-refractivity contribution in [2.75, 3.05) is 13.1 Å². The number of amides is 1. The van der Waals surface area contributed by atoms with Crippen molar-refractivity contribution in [2.24, 2.45) is 11.1 Å². The predicted octanol–water partition coefficient (Wildman–Crippen LogP) is 1.75. The molecule has 8 heteroatoms. The molecular formula is C12H22ClF3N2O2. The zero-order valence-electron chi connectivity index (χ0n) is 11.2. The molecule has 0 bridgehead atoms. The summed E-state index contributed by atoms with van der Waals surface area (Å²) in [4.78, 5) is 11.7. The first-order chi connectivity index (χ1) is 8.79. The van der Waals surface area contributed by atoms with E-state index in [0.717, 1.165) is 32.1 Å². The number of hydrogen-bond donors (Lipinski definition) is 3. The Kier molecular flexibility index (Phi) is 7.83. The summed E-state index contributed by atoms with van der Waals surface area (Å²) in [6.45, 7) is -0.439. The molecule has 1 unspecified atom stereocenters. The average Bonchev–Trinajstić information content (AvgIpc) is 2.36. The summed E-state index contributed by atoms with van der Waals surface area (Å²) < 4.78 is 36.2. The second-order valence-electron chi connectivity index (χ2n) is 5.30. The third kappa shape index (κ3) is 5.85. The van der Waals surface area contributed by atoms with Gasteiger partial charge < -0.3 is 16.2 Å². The van der Waals surface area contributed by atoms with Crippen molar-refractivity contribution in [3.05, 3.63) is 0 Å². The molecule has 1 aliphatic carbocycles. The third-order valence-electron chi connectivity index (χ3n) is 3.75. The number of carbonyl (C=O) groups is 1. The monoisotopic (exact) mass is 318 g/mol. The van der Waals surface area contributed by atoms with E-state index in [-0.39, 0.29) is 24.2 Å². The summed E-state index contributed by atoms with van der Waals surface area (Å²) in [6.07, 6.45) is -2.33. The van der Waals surface area contributed by atoms with Crippen LogP contribution in [0.2, 0.25) is 0 Å². The Bertz CT molecular complexity index is 308. The Labute approximate surface area is 122 Å². The lowest BCUT2D eigenvalue weighted by Gasteiger charge is -2.35. The van der Waals surface area contributed by atoms with E-state index in [4.69, 9.17) is 10.8 Å². The number of rotatable bonds is 5. The van der Waals surface area contributed by atoms with Gasteiger partial charge in [0.25, 0.3) is 0 Å². The standard InChI is InChI=1S/C12H21F3N2O2.ClH/c13-12(14,15)9(18)7-17-10(19)6-11(8-16)4-2-1-3-5-11;/h9,18H,1-8,16H2,(H,17,19);1H. The molecule has 4 N–H and O–H groups in total. The highest BCUT2D eigenvalue weighted by molar-refractivity contribution is 5.85. The molecule has 0 spiro atoms. The van der Waals surface area contributed by atoms with Crippen molar-refractivity contribution in [1.29, 1.82) is 0 Å². The predicted molar refractivity (Wildman–Crippen MR) is 71.5 cm³/mol. The Hall–Kier alpha value is -0.530. The van der Waals surface area contributed by atoms with Crippen LogP contribution in [0.3, 0.4) is 0 Å². The molecule has 0 aromatic rings. The van der Waals surface area contributed by atoms with Gasteiger partial charge in [-0.15, -0.1) is 12.4 Å². The summed E-state index contributed by atoms with van der Waals surface area (Å²) in [5.74, 6) is -0.476. The second kappa shape index (κ2) is 8.05. The molecule has 1 aliphatic rings.